The Bertz CT molecular complexity index is 277. The molecule has 0 radical (unpaired) electrons. The Morgan fingerprint density at radius 3 is 2.56 bits per heavy atom. The third-order valence-corrected chi connectivity index (χ3v) is 4.48. The molecule has 0 bridgehead atoms. The fraction of sp³-hybridized carbons (Fsp3) is 0.929. The standard InChI is InChI=1S/C14H26N2O2/c1-11-13(7-8-15-11)14(18)16(9-10-17)12-5-3-2-4-6-12/h11-13,15,17H,2-10H2,1H3. The van der Waals surface area contributed by atoms with Crippen LogP contribution in [0.15, 0.2) is 0 Å². The van der Waals surface area contributed by atoms with Gasteiger partial charge in [0.05, 0.1) is 12.5 Å². The Morgan fingerprint density at radius 2 is 2.00 bits per heavy atom. The summed E-state index contributed by atoms with van der Waals surface area (Å²) < 4.78 is 0. The maximum absolute atomic E-state index is 12.6. The molecule has 1 amide bonds. The van der Waals surface area contributed by atoms with Crippen molar-refractivity contribution in [3.05, 3.63) is 0 Å². The van der Waals surface area contributed by atoms with Crippen molar-refractivity contribution in [2.75, 3.05) is 19.7 Å². The molecule has 1 heterocycles. The molecule has 4 heteroatoms. The number of aliphatic hydroxyl groups excluding tert-OH is 1. The predicted molar refractivity (Wildman–Crippen MR) is 71.2 cm³/mol. The molecule has 2 unspecified atom stereocenters. The van der Waals surface area contributed by atoms with E-state index >= 15 is 0 Å². The van der Waals surface area contributed by atoms with Crippen LogP contribution in [0.5, 0.6) is 0 Å². The molecule has 0 aromatic rings. The number of amides is 1. The zero-order valence-electron chi connectivity index (χ0n) is 11.4. The van der Waals surface area contributed by atoms with Gasteiger partial charge in [-0.15, -0.1) is 0 Å². The summed E-state index contributed by atoms with van der Waals surface area (Å²) in [5.41, 5.74) is 0. The minimum absolute atomic E-state index is 0.0801. The largest absolute Gasteiger partial charge is 0.395 e. The van der Waals surface area contributed by atoms with Crippen LogP contribution in [0.4, 0.5) is 0 Å². The summed E-state index contributed by atoms with van der Waals surface area (Å²) in [4.78, 5) is 14.6. The van der Waals surface area contributed by atoms with Crippen molar-refractivity contribution in [2.45, 2.75) is 57.5 Å². The highest BCUT2D eigenvalue weighted by atomic mass is 16.3. The number of hydrogen-bond acceptors (Lipinski definition) is 3. The Hall–Kier alpha value is -0.610. The van der Waals surface area contributed by atoms with Crippen LogP contribution >= 0.6 is 0 Å². The summed E-state index contributed by atoms with van der Waals surface area (Å²) in [7, 11) is 0. The maximum atomic E-state index is 12.6. The molecule has 0 spiro atoms. The summed E-state index contributed by atoms with van der Waals surface area (Å²) in [6, 6.07) is 0.647. The predicted octanol–water partition coefficient (Wildman–Crippen LogP) is 1.14. The van der Waals surface area contributed by atoms with Crippen LogP contribution in [0.2, 0.25) is 0 Å². The van der Waals surface area contributed by atoms with Crippen molar-refractivity contribution in [3.8, 4) is 0 Å². The molecule has 104 valence electrons. The summed E-state index contributed by atoms with van der Waals surface area (Å²) >= 11 is 0. The van der Waals surface area contributed by atoms with Crippen LogP contribution in [0, 0.1) is 5.92 Å². The lowest BCUT2D eigenvalue weighted by molar-refractivity contribution is -0.139. The molecule has 4 nitrogen and oxygen atoms in total. The lowest BCUT2D eigenvalue weighted by Crippen LogP contribution is -2.47. The minimum Gasteiger partial charge on any atom is -0.395 e. The molecule has 1 aliphatic heterocycles. The van der Waals surface area contributed by atoms with Crippen molar-refractivity contribution in [1.29, 1.82) is 0 Å². The smallest absolute Gasteiger partial charge is 0.227 e. The van der Waals surface area contributed by atoms with E-state index in [1.54, 1.807) is 0 Å². The number of rotatable bonds is 4. The normalized spacial score (nSPS) is 29.4. The van der Waals surface area contributed by atoms with Gasteiger partial charge in [0.15, 0.2) is 0 Å². The van der Waals surface area contributed by atoms with Gasteiger partial charge in [-0.3, -0.25) is 4.79 Å². The van der Waals surface area contributed by atoms with Crippen molar-refractivity contribution < 1.29 is 9.90 Å². The summed E-state index contributed by atoms with van der Waals surface area (Å²) in [5.74, 6) is 0.368. The molecule has 1 saturated heterocycles. The third kappa shape index (κ3) is 3.04. The fourth-order valence-corrected chi connectivity index (χ4v) is 3.38. The van der Waals surface area contributed by atoms with Crippen molar-refractivity contribution >= 4 is 5.91 Å². The zero-order valence-corrected chi connectivity index (χ0v) is 11.4. The second-order valence-corrected chi connectivity index (χ2v) is 5.69. The Kier molecular flexibility index (Phi) is 5.01. The average Bonchev–Trinajstić information content (AvgIpc) is 2.82. The highest BCUT2D eigenvalue weighted by Gasteiger charge is 2.35. The van der Waals surface area contributed by atoms with E-state index in [4.69, 9.17) is 0 Å². The Labute approximate surface area is 110 Å². The Balaban J connectivity index is 2.01. The molecule has 18 heavy (non-hydrogen) atoms. The molecular formula is C14H26N2O2. The lowest BCUT2D eigenvalue weighted by Gasteiger charge is -2.36. The molecule has 0 aromatic heterocycles. The van der Waals surface area contributed by atoms with Crippen molar-refractivity contribution in [2.24, 2.45) is 5.92 Å². The van der Waals surface area contributed by atoms with Crippen LogP contribution in [0.1, 0.15) is 45.4 Å². The molecule has 2 atom stereocenters. The molecule has 2 N–H and O–H groups in total. The molecular weight excluding hydrogens is 228 g/mol. The molecule has 2 fully saturated rings. The Morgan fingerprint density at radius 1 is 1.28 bits per heavy atom. The van der Waals surface area contributed by atoms with Gasteiger partial charge >= 0.3 is 0 Å². The van der Waals surface area contributed by atoms with E-state index in [0.29, 0.717) is 12.6 Å². The maximum Gasteiger partial charge on any atom is 0.227 e. The molecule has 2 aliphatic rings. The fourth-order valence-electron chi connectivity index (χ4n) is 3.38. The summed E-state index contributed by atoms with van der Waals surface area (Å²) in [5, 5.41) is 12.6. The van der Waals surface area contributed by atoms with E-state index in [1.165, 1.54) is 19.3 Å². The van der Waals surface area contributed by atoms with Crippen LogP contribution in [-0.2, 0) is 4.79 Å². The van der Waals surface area contributed by atoms with Gasteiger partial charge in [0, 0.05) is 18.6 Å². The van der Waals surface area contributed by atoms with Crippen LogP contribution in [-0.4, -0.2) is 47.7 Å². The first-order valence-electron chi connectivity index (χ1n) is 7.38. The van der Waals surface area contributed by atoms with Gasteiger partial charge in [-0.1, -0.05) is 19.3 Å². The summed E-state index contributed by atoms with van der Waals surface area (Å²) in [6.07, 6.45) is 6.89. The number of nitrogens with zero attached hydrogens (tertiary/aromatic N) is 1. The first-order chi connectivity index (χ1) is 8.74. The summed E-state index contributed by atoms with van der Waals surface area (Å²) in [6.45, 7) is 3.62. The quantitative estimate of drug-likeness (QED) is 0.791. The first kappa shape index (κ1) is 13.8. The number of hydrogen-bond donors (Lipinski definition) is 2. The monoisotopic (exact) mass is 254 g/mol. The SMILES string of the molecule is CC1NCCC1C(=O)N(CCO)C1CCCCC1. The van der Waals surface area contributed by atoms with E-state index in [9.17, 15) is 9.90 Å². The lowest BCUT2D eigenvalue weighted by atomic mass is 9.92. The number of nitrogens with one attached hydrogen (secondary N) is 1. The van der Waals surface area contributed by atoms with E-state index in [0.717, 1.165) is 25.8 Å². The van der Waals surface area contributed by atoms with Crippen molar-refractivity contribution in [1.82, 2.24) is 10.2 Å². The van der Waals surface area contributed by atoms with Gasteiger partial charge in [-0.2, -0.15) is 0 Å². The first-order valence-corrected chi connectivity index (χ1v) is 7.38. The van der Waals surface area contributed by atoms with E-state index in [-0.39, 0.29) is 24.5 Å². The molecule has 1 aliphatic carbocycles. The molecule has 2 rings (SSSR count). The second-order valence-electron chi connectivity index (χ2n) is 5.69. The van der Waals surface area contributed by atoms with Crippen LogP contribution in [0.25, 0.3) is 0 Å². The van der Waals surface area contributed by atoms with Crippen LogP contribution in [0.3, 0.4) is 0 Å². The van der Waals surface area contributed by atoms with Gasteiger partial charge < -0.3 is 15.3 Å². The molecule has 0 aromatic carbocycles. The highest BCUT2D eigenvalue weighted by Crippen LogP contribution is 2.26. The molecule has 1 saturated carbocycles. The number of aliphatic hydroxyl groups is 1. The van der Waals surface area contributed by atoms with E-state index in [1.807, 2.05) is 4.90 Å². The van der Waals surface area contributed by atoms with Gasteiger partial charge in [0.25, 0.3) is 0 Å². The van der Waals surface area contributed by atoms with E-state index in [2.05, 4.69) is 12.2 Å². The van der Waals surface area contributed by atoms with Crippen molar-refractivity contribution in [3.63, 3.8) is 0 Å². The van der Waals surface area contributed by atoms with Gasteiger partial charge in [-0.25, -0.2) is 0 Å². The minimum atomic E-state index is 0.0801. The van der Waals surface area contributed by atoms with Gasteiger partial charge in [-0.05, 0) is 32.7 Å². The van der Waals surface area contributed by atoms with Crippen LogP contribution < -0.4 is 5.32 Å². The number of carbonyl (C=O) groups is 1. The topological polar surface area (TPSA) is 52.6 Å². The third-order valence-electron chi connectivity index (χ3n) is 4.48. The van der Waals surface area contributed by atoms with Gasteiger partial charge in [0.2, 0.25) is 5.91 Å². The van der Waals surface area contributed by atoms with Gasteiger partial charge in [0.1, 0.15) is 0 Å². The second kappa shape index (κ2) is 6.53. The zero-order chi connectivity index (χ0) is 13.0. The average molecular weight is 254 g/mol. The number of carbonyl (C=O) groups excluding carboxylic acids is 1. The van der Waals surface area contributed by atoms with E-state index < -0.39 is 0 Å². The highest BCUT2D eigenvalue weighted by molar-refractivity contribution is 5.80.